The zero-order valence-corrected chi connectivity index (χ0v) is 10.7. The van der Waals surface area contributed by atoms with Crippen LogP contribution in [0.3, 0.4) is 0 Å². The number of nitrogens with two attached hydrogens (primary N) is 1. The minimum absolute atomic E-state index is 0.685. The monoisotopic (exact) mass is 319 g/mol. The first-order valence-corrected chi connectivity index (χ1v) is 6.28. The van der Waals surface area contributed by atoms with Crippen LogP contribution >= 0.6 is 33.9 Å². The van der Waals surface area contributed by atoms with Crippen LogP contribution in [0.2, 0.25) is 0 Å². The molecule has 1 aromatic carbocycles. The first-order chi connectivity index (χ1) is 6.74. The summed E-state index contributed by atoms with van der Waals surface area (Å²) < 4.78 is 7.80. The molecule has 0 radical (unpaired) electrons. The second-order valence-electron chi connectivity index (χ2n) is 2.87. The van der Waals surface area contributed by atoms with Gasteiger partial charge in [-0.15, -0.1) is 11.3 Å². The lowest BCUT2D eigenvalue weighted by Gasteiger charge is -2.08. The molecular formula is C10H10INOS. The van der Waals surface area contributed by atoms with E-state index in [2.05, 4.69) is 28.7 Å². The molecule has 4 heteroatoms. The van der Waals surface area contributed by atoms with Gasteiger partial charge in [0.1, 0.15) is 5.75 Å². The molecule has 0 bridgehead atoms. The molecule has 2 nitrogen and oxygen atoms in total. The fourth-order valence-electron chi connectivity index (χ4n) is 1.40. The molecule has 0 unspecified atom stereocenters. The SMILES string of the molecule is CCOc1c(I)cc(N)c2sccc12. The zero-order valence-electron chi connectivity index (χ0n) is 7.71. The highest BCUT2D eigenvalue weighted by atomic mass is 127. The van der Waals surface area contributed by atoms with Crippen molar-refractivity contribution in [2.45, 2.75) is 6.92 Å². The molecule has 0 saturated heterocycles. The van der Waals surface area contributed by atoms with Crippen molar-refractivity contribution < 1.29 is 4.74 Å². The molecule has 0 spiro atoms. The van der Waals surface area contributed by atoms with E-state index in [-0.39, 0.29) is 0 Å². The molecule has 2 rings (SSSR count). The van der Waals surface area contributed by atoms with Gasteiger partial charge in [0.25, 0.3) is 0 Å². The first kappa shape index (κ1) is 10.0. The molecule has 2 N–H and O–H groups in total. The van der Waals surface area contributed by atoms with E-state index in [0.717, 1.165) is 25.1 Å². The third-order valence-electron chi connectivity index (χ3n) is 1.96. The van der Waals surface area contributed by atoms with Crippen molar-refractivity contribution in [2.75, 3.05) is 12.3 Å². The van der Waals surface area contributed by atoms with Crippen LogP contribution in [0.15, 0.2) is 17.5 Å². The van der Waals surface area contributed by atoms with Gasteiger partial charge in [-0.05, 0) is 47.0 Å². The van der Waals surface area contributed by atoms with Crippen LogP contribution in [-0.2, 0) is 0 Å². The highest BCUT2D eigenvalue weighted by molar-refractivity contribution is 14.1. The van der Waals surface area contributed by atoms with Crippen LogP contribution in [-0.4, -0.2) is 6.61 Å². The van der Waals surface area contributed by atoms with Gasteiger partial charge in [0.05, 0.1) is 20.6 Å². The van der Waals surface area contributed by atoms with Crippen molar-refractivity contribution in [3.05, 3.63) is 21.1 Å². The number of fused-ring (bicyclic) bond motifs is 1. The maximum Gasteiger partial charge on any atom is 0.141 e. The van der Waals surface area contributed by atoms with Gasteiger partial charge in [0, 0.05) is 5.39 Å². The summed E-state index contributed by atoms with van der Waals surface area (Å²) >= 11 is 3.91. The second kappa shape index (κ2) is 3.94. The number of rotatable bonds is 2. The van der Waals surface area contributed by atoms with Gasteiger partial charge in [0.2, 0.25) is 0 Å². The number of hydrogen-bond donors (Lipinski definition) is 1. The number of nitrogen functional groups attached to an aromatic ring is 1. The van der Waals surface area contributed by atoms with Crippen molar-refractivity contribution in [1.82, 2.24) is 0 Å². The fraction of sp³-hybridized carbons (Fsp3) is 0.200. The van der Waals surface area contributed by atoms with Crippen LogP contribution in [0.5, 0.6) is 5.75 Å². The lowest BCUT2D eigenvalue weighted by molar-refractivity contribution is 0.342. The third kappa shape index (κ3) is 1.56. The Balaban J connectivity index is 2.73. The molecule has 74 valence electrons. The van der Waals surface area contributed by atoms with Crippen molar-refractivity contribution in [3.63, 3.8) is 0 Å². The minimum atomic E-state index is 0.685. The van der Waals surface area contributed by atoms with Gasteiger partial charge in [-0.2, -0.15) is 0 Å². The minimum Gasteiger partial charge on any atom is -0.492 e. The summed E-state index contributed by atoms with van der Waals surface area (Å²) in [4.78, 5) is 0. The van der Waals surface area contributed by atoms with Crippen LogP contribution in [0, 0.1) is 3.57 Å². The molecule has 0 aliphatic carbocycles. The topological polar surface area (TPSA) is 35.2 Å². The number of benzene rings is 1. The molecule has 0 aliphatic heterocycles. The van der Waals surface area contributed by atoms with Crippen molar-refractivity contribution in [3.8, 4) is 5.75 Å². The molecule has 0 saturated carbocycles. The predicted octanol–water partition coefficient (Wildman–Crippen LogP) is 3.49. The standard InChI is InChI=1S/C10H10INOS/c1-2-13-9-6-3-4-14-10(6)8(12)5-7(9)11/h3-5H,2,12H2,1H3. The second-order valence-corrected chi connectivity index (χ2v) is 4.95. The third-order valence-corrected chi connectivity index (χ3v) is 3.72. The Labute approximate surface area is 100 Å². The van der Waals surface area contributed by atoms with E-state index in [1.807, 2.05) is 18.4 Å². The number of halogens is 1. The average molecular weight is 319 g/mol. The Hall–Kier alpha value is -0.490. The summed E-state index contributed by atoms with van der Waals surface area (Å²) in [5.74, 6) is 0.957. The van der Waals surface area contributed by atoms with E-state index >= 15 is 0 Å². The molecule has 0 amide bonds. The van der Waals surface area contributed by atoms with Crippen LogP contribution in [0.4, 0.5) is 5.69 Å². The largest absolute Gasteiger partial charge is 0.492 e. The van der Waals surface area contributed by atoms with E-state index in [9.17, 15) is 0 Å². The van der Waals surface area contributed by atoms with E-state index in [4.69, 9.17) is 10.5 Å². The molecule has 14 heavy (non-hydrogen) atoms. The Morgan fingerprint density at radius 3 is 3.07 bits per heavy atom. The van der Waals surface area contributed by atoms with Crippen LogP contribution in [0.25, 0.3) is 10.1 Å². The van der Waals surface area contributed by atoms with Gasteiger partial charge < -0.3 is 10.5 Å². The zero-order chi connectivity index (χ0) is 10.1. The van der Waals surface area contributed by atoms with Crippen molar-refractivity contribution in [2.24, 2.45) is 0 Å². The number of thiophene rings is 1. The Morgan fingerprint density at radius 2 is 2.36 bits per heavy atom. The summed E-state index contributed by atoms with van der Waals surface area (Å²) in [6.45, 7) is 2.68. The average Bonchev–Trinajstić information content (AvgIpc) is 2.60. The van der Waals surface area contributed by atoms with E-state index in [1.165, 1.54) is 0 Å². The highest BCUT2D eigenvalue weighted by Gasteiger charge is 2.10. The van der Waals surface area contributed by atoms with Gasteiger partial charge >= 0.3 is 0 Å². The molecule has 2 aromatic rings. The smallest absolute Gasteiger partial charge is 0.141 e. The Bertz CT molecular complexity index is 466. The number of hydrogen-bond acceptors (Lipinski definition) is 3. The fourth-order valence-corrected chi connectivity index (χ4v) is 3.00. The number of ether oxygens (including phenoxy) is 1. The summed E-state index contributed by atoms with van der Waals surface area (Å²) in [7, 11) is 0. The van der Waals surface area contributed by atoms with Crippen molar-refractivity contribution in [1.29, 1.82) is 0 Å². The predicted molar refractivity (Wildman–Crippen MR) is 70.1 cm³/mol. The van der Waals surface area contributed by atoms with E-state index < -0.39 is 0 Å². The summed E-state index contributed by atoms with van der Waals surface area (Å²) in [5.41, 5.74) is 6.75. The molecule has 0 atom stereocenters. The summed E-state index contributed by atoms with van der Waals surface area (Å²) in [6.07, 6.45) is 0. The molecule has 1 aromatic heterocycles. The van der Waals surface area contributed by atoms with Gasteiger partial charge in [0.15, 0.2) is 0 Å². The Kier molecular flexibility index (Phi) is 2.83. The van der Waals surface area contributed by atoms with Crippen LogP contribution < -0.4 is 10.5 Å². The molecular weight excluding hydrogens is 309 g/mol. The lowest BCUT2D eigenvalue weighted by atomic mass is 10.2. The molecule has 0 fully saturated rings. The lowest BCUT2D eigenvalue weighted by Crippen LogP contribution is -1.96. The number of anilines is 1. The van der Waals surface area contributed by atoms with Crippen LogP contribution in [0.1, 0.15) is 6.92 Å². The van der Waals surface area contributed by atoms with Gasteiger partial charge in [-0.1, -0.05) is 0 Å². The summed E-state index contributed by atoms with van der Waals surface area (Å²) in [5, 5.41) is 3.17. The van der Waals surface area contributed by atoms with Crippen molar-refractivity contribution >= 4 is 49.7 Å². The van der Waals surface area contributed by atoms with Gasteiger partial charge in [-0.3, -0.25) is 0 Å². The van der Waals surface area contributed by atoms with E-state index in [1.54, 1.807) is 11.3 Å². The van der Waals surface area contributed by atoms with Gasteiger partial charge in [-0.25, -0.2) is 0 Å². The van der Waals surface area contributed by atoms with E-state index in [0.29, 0.717) is 6.61 Å². The highest BCUT2D eigenvalue weighted by Crippen LogP contribution is 2.38. The normalized spacial score (nSPS) is 10.7. The molecule has 0 aliphatic rings. The maximum atomic E-state index is 5.92. The summed E-state index contributed by atoms with van der Waals surface area (Å²) in [6, 6.07) is 4.02. The quantitative estimate of drug-likeness (QED) is 0.679. The maximum absolute atomic E-state index is 5.92. The Morgan fingerprint density at radius 1 is 1.57 bits per heavy atom. The first-order valence-electron chi connectivity index (χ1n) is 4.32. The molecule has 1 heterocycles.